The third-order valence-electron chi connectivity index (χ3n) is 4.21. The Morgan fingerprint density at radius 2 is 2.33 bits per heavy atom. The minimum absolute atomic E-state index is 0.0810. The summed E-state index contributed by atoms with van der Waals surface area (Å²) >= 11 is 7.89. The molecule has 24 heavy (non-hydrogen) atoms. The molecule has 1 fully saturated rings. The fraction of sp³-hybridized carbons (Fsp3) is 0.389. The number of halogens is 1. The molecule has 3 rings (SSSR count). The largest absolute Gasteiger partial charge is 0.495 e. The number of nitrogens with one attached hydrogen (secondary N) is 1. The van der Waals surface area contributed by atoms with Gasteiger partial charge in [-0.1, -0.05) is 17.7 Å². The molecule has 0 radical (unpaired) electrons. The molecule has 1 aromatic heterocycles. The maximum Gasteiger partial charge on any atom is 0.251 e. The number of benzene rings is 1. The molecule has 6 heteroatoms. The molecule has 0 saturated carbocycles. The SMILES string of the molecule is COc1ccc(C(=O)NC2CCCN(Cc3cccs3)C2)cc1Cl. The molecule has 0 bridgehead atoms. The summed E-state index contributed by atoms with van der Waals surface area (Å²) < 4.78 is 5.12. The van der Waals surface area contributed by atoms with Gasteiger partial charge in [0.15, 0.2) is 0 Å². The van der Waals surface area contributed by atoms with Gasteiger partial charge in [0.05, 0.1) is 12.1 Å². The summed E-state index contributed by atoms with van der Waals surface area (Å²) in [6.07, 6.45) is 2.11. The van der Waals surface area contributed by atoms with E-state index in [0.717, 1.165) is 32.5 Å². The first-order valence-electron chi connectivity index (χ1n) is 8.05. The molecular formula is C18H21ClN2O2S. The van der Waals surface area contributed by atoms with Gasteiger partial charge >= 0.3 is 0 Å². The van der Waals surface area contributed by atoms with Crippen LogP contribution >= 0.6 is 22.9 Å². The molecule has 2 heterocycles. The van der Waals surface area contributed by atoms with Gasteiger partial charge in [-0.2, -0.15) is 0 Å². The predicted octanol–water partition coefficient (Wildman–Crippen LogP) is 3.80. The second-order valence-corrected chi connectivity index (χ2v) is 7.42. The number of carbonyl (C=O) groups is 1. The fourth-order valence-electron chi connectivity index (χ4n) is 3.02. The van der Waals surface area contributed by atoms with Crippen molar-refractivity contribution in [1.82, 2.24) is 10.2 Å². The number of amides is 1. The minimum Gasteiger partial charge on any atom is -0.495 e. The third kappa shape index (κ3) is 4.29. The molecule has 4 nitrogen and oxygen atoms in total. The van der Waals surface area contributed by atoms with Gasteiger partial charge in [-0.25, -0.2) is 0 Å². The van der Waals surface area contributed by atoms with E-state index in [1.807, 2.05) is 0 Å². The van der Waals surface area contributed by atoms with E-state index < -0.39 is 0 Å². The molecular weight excluding hydrogens is 344 g/mol. The smallest absolute Gasteiger partial charge is 0.251 e. The van der Waals surface area contributed by atoms with E-state index in [-0.39, 0.29) is 11.9 Å². The number of hydrogen-bond donors (Lipinski definition) is 1. The summed E-state index contributed by atoms with van der Waals surface area (Å²) in [6.45, 7) is 2.92. The van der Waals surface area contributed by atoms with Crippen LogP contribution in [0.1, 0.15) is 28.1 Å². The van der Waals surface area contributed by atoms with Crippen LogP contribution in [0.5, 0.6) is 5.75 Å². The number of piperidine rings is 1. The Bertz CT molecular complexity index is 690. The summed E-state index contributed by atoms with van der Waals surface area (Å²) in [4.78, 5) is 16.2. The first-order chi connectivity index (χ1) is 11.7. The lowest BCUT2D eigenvalue weighted by atomic mass is 10.0. The quantitative estimate of drug-likeness (QED) is 0.877. The molecule has 1 amide bonds. The van der Waals surface area contributed by atoms with Crippen molar-refractivity contribution in [3.05, 3.63) is 51.2 Å². The van der Waals surface area contributed by atoms with Crippen molar-refractivity contribution in [3.8, 4) is 5.75 Å². The minimum atomic E-state index is -0.0810. The highest BCUT2D eigenvalue weighted by atomic mass is 35.5. The number of thiophene rings is 1. The van der Waals surface area contributed by atoms with Gasteiger partial charge in [0, 0.05) is 29.6 Å². The summed E-state index contributed by atoms with van der Waals surface area (Å²) in [7, 11) is 1.56. The number of hydrogen-bond acceptors (Lipinski definition) is 4. The predicted molar refractivity (Wildman–Crippen MR) is 98.1 cm³/mol. The third-order valence-corrected chi connectivity index (χ3v) is 5.37. The number of carbonyl (C=O) groups excluding carboxylic acids is 1. The summed E-state index contributed by atoms with van der Waals surface area (Å²) in [5.41, 5.74) is 0.566. The number of likely N-dealkylation sites (tertiary alicyclic amines) is 1. The Morgan fingerprint density at radius 3 is 3.04 bits per heavy atom. The van der Waals surface area contributed by atoms with E-state index in [1.54, 1.807) is 36.6 Å². The van der Waals surface area contributed by atoms with Gasteiger partial charge in [-0.3, -0.25) is 9.69 Å². The average molecular weight is 365 g/mol. The number of rotatable bonds is 5. The van der Waals surface area contributed by atoms with Crippen LogP contribution in [0.3, 0.4) is 0 Å². The zero-order chi connectivity index (χ0) is 16.9. The normalized spacial score (nSPS) is 18.3. The van der Waals surface area contributed by atoms with Gasteiger partial charge < -0.3 is 10.1 Å². The Hall–Kier alpha value is -1.56. The van der Waals surface area contributed by atoms with Crippen molar-refractivity contribution in [2.45, 2.75) is 25.4 Å². The molecule has 1 aliphatic heterocycles. The van der Waals surface area contributed by atoms with Crippen molar-refractivity contribution < 1.29 is 9.53 Å². The Morgan fingerprint density at radius 1 is 1.46 bits per heavy atom. The summed E-state index contributed by atoms with van der Waals surface area (Å²) in [6, 6.07) is 9.53. The lowest BCUT2D eigenvalue weighted by Gasteiger charge is -2.32. The van der Waals surface area contributed by atoms with Crippen molar-refractivity contribution in [3.63, 3.8) is 0 Å². The van der Waals surface area contributed by atoms with Gasteiger partial charge in [0.1, 0.15) is 5.75 Å². The fourth-order valence-corrected chi connectivity index (χ4v) is 4.02. The standard InChI is InChI=1S/C18H21ClN2O2S/c1-23-17-7-6-13(10-16(17)19)18(22)20-14-4-2-8-21(11-14)12-15-5-3-9-24-15/h3,5-7,9-10,14H,2,4,8,11-12H2,1H3,(H,20,22). The Kier molecular flexibility index (Phi) is 5.76. The highest BCUT2D eigenvalue weighted by molar-refractivity contribution is 7.09. The number of ether oxygens (including phenoxy) is 1. The van der Waals surface area contributed by atoms with Crippen LogP contribution in [-0.4, -0.2) is 37.0 Å². The van der Waals surface area contributed by atoms with Gasteiger partial charge in [-0.15, -0.1) is 11.3 Å². The lowest BCUT2D eigenvalue weighted by molar-refractivity contribution is 0.0901. The van der Waals surface area contributed by atoms with E-state index in [1.165, 1.54) is 4.88 Å². The van der Waals surface area contributed by atoms with E-state index in [2.05, 4.69) is 27.7 Å². The average Bonchev–Trinajstić information content (AvgIpc) is 3.08. The van der Waals surface area contributed by atoms with E-state index in [4.69, 9.17) is 16.3 Å². The lowest BCUT2D eigenvalue weighted by Crippen LogP contribution is -2.47. The van der Waals surface area contributed by atoms with Crippen molar-refractivity contribution in [1.29, 1.82) is 0 Å². The zero-order valence-corrected chi connectivity index (χ0v) is 15.2. The van der Waals surface area contributed by atoms with E-state index in [9.17, 15) is 4.79 Å². The molecule has 2 aromatic rings. The van der Waals surface area contributed by atoms with Crippen LogP contribution in [0.15, 0.2) is 35.7 Å². The molecule has 128 valence electrons. The molecule has 1 atom stereocenters. The molecule has 1 unspecified atom stereocenters. The van der Waals surface area contributed by atoms with Crippen LogP contribution < -0.4 is 10.1 Å². The van der Waals surface area contributed by atoms with Gasteiger partial charge in [0.2, 0.25) is 0 Å². The first-order valence-corrected chi connectivity index (χ1v) is 9.30. The zero-order valence-electron chi connectivity index (χ0n) is 13.6. The Balaban J connectivity index is 1.58. The molecule has 0 aliphatic carbocycles. The van der Waals surface area contributed by atoms with Crippen LogP contribution in [0.4, 0.5) is 0 Å². The Labute approximate surface area is 151 Å². The second-order valence-electron chi connectivity index (χ2n) is 5.98. The molecule has 1 aromatic carbocycles. The second kappa shape index (κ2) is 8.01. The van der Waals surface area contributed by atoms with E-state index >= 15 is 0 Å². The van der Waals surface area contributed by atoms with Crippen LogP contribution in [0.2, 0.25) is 5.02 Å². The summed E-state index contributed by atoms with van der Waals surface area (Å²) in [5.74, 6) is 0.496. The van der Waals surface area contributed by atoms with Crippen molar-refractivity contribution >= 4 is 28.8 Å². The topological polar surface area (TPSA) is 41.6 Å². The summed E-state index contributed by atoms with van der Waals surface area (Å²) in [5, 5.41) is 5.69. The number of nitrogens with zero attached hydrogens (tertiary/aromatic N) is 1. The van der Waals surface area contributed by atoms with Crippen LogP contribution in [0.25, 0.3) is 0 Å². The van der Waals surface area contributed by atoms with Crippen LogP contribution in [0, 0.1) is 0 Å². The van der Waals surface area contributed by atoms with Gasteiger partial charge in [0.25, 0.3) is 5.91 Å². The van der Waals surface area contributed by atoms with Gasteiger partial charge in [-0.05, 0) is 49.0 Å². The van der Waals surface area contributed by atoms with Crippen LogP contribution in [-0.2, 0) is 6.54 Å². The molecule has 1 aliphatic rings. The maximum absolute atomic E-state index is 12.5. The maximum atomic E-state index is 12.5. The molecule has 1 saturated heterocycles. The number of methoxy groups -OCH3 is 1. The first kappa shape index (κ1) is 17.3. The monoisotopic (exact) mass is 364 g/mol. The van der Waals surface area contributed by atoms with E-state index in [0.29, 0.717) is 16.3 Å². The molecule has 0 spiro atoms. The van der Waals surface area contributed by atoms with Crippen molar-refractivity contribution in [2.24, 2.45) is 0 Å². The van der Waals surface area contributed by atoms with Crippen molar-refractivity contribution in [2.75, 3.05) is 20.2 Å². The highest BCUT2D eigenvalue weighted by Gasteiger charge is 2.22. The molecule has 1 N–H and O–H groups in total. The highest BCUT2D eigenvalue weighted by Crippen LogP contribution is 2.25.